The molecule has 0 aliphatic rings. The molecule has 0 aromatic heterocycles. The number of unbranched alkanes of at least 4 members (excludes halogenated alkanes) is 21. The monoisotopic (exact) mass is 452 g/mol. The number of rotatable bonds is 25. The number of carbonyl (C=O) groups is 2. The first-order valence-electron chi connectivity index (χ1n) is 13.7. The molecule has 188 valence electrons. The second-order valence-electron chi connectivity index (χ2n) is 9.26. The molecule has 0 amide bonds. The summed E-state index contributed by atoms with van der Waals surface area (Å²) in [4.78, 5) is 21.5. The van der Waals surface area contributed by atoms with E-state index >= 15 is 0 Å². The minimum Gasteiger partial charge on any atom is -0.478 e. The van der Waals surface area contributed by atoms with E-state index < -0.39 is 11.9 Å². The third kappa shape index (κ3) is 26.7. The zero-order chi connectivity index (χ0) is 23.5. The maximum Gasteiger partial charge on any atom is 0.331 e. The van der Waals surface area contributed by atoms with Crippen LogP contribution in [0.4, 0.5) is 0 Å². The van der Waals surface area contributed by atoms with Gasteiger partial charge in [-0.15, -0.1) is 0 Å². The van der Waals surface area contributed by atoms with E-state index in [0.717, 1.165) is 25.0 Å². The highest BCUT2D eigenvalue weighted by Gasteiger charge is 1.99. The molecular weight excluding hydrogens is 400 g/mol. The first kappa shape index (κ1) is 30.7. The zero-order valence-corrected chi connectivity index (χ0v) is 21.1. The Labute approximate surface area is 198 Å². The summed E-state index contributed by atoms with van der Waals surface area (Å²) in [5.74, 6) is -1.71. The minimum absolute atomic E-state index is 0.377. The van der Waals surface area contributed by atoms with Crippen LogP contribution in [0, 0.1) is 0 Å². The lowest BCUT2D eigenvalue weighted by Gasteiger charge is -2.04. The molecule has 0 aliphatic heterocycles. The Kier molecular flexibility index (Phi) is 24.9. The largest absolute Gasteiger partial charge is 0.478 e. The Hall–Kier alpha value is -1.32. The van der Waals surface area contributed by atoms with Gasteiger partial charge in [-0.1, -0.05) is 142 Å². The average molecular weight is 453 g/mol. The van der Waals surface area contributed by atoms with Gasteiger partial charge in [-0.25, -0.2) is 9.59 Å². The summed E-state index contributed by atoms with van der Waals surface area (Å²) in [6, 6.07) is 0. The minimum atomic E-state index is -1.13. The summed E-state index contributed by atoms with van der Waals surface area (Å²) < 4.78 is 4.95. The van der Waals surface area contributed by atoms with Crippen LogP contribution in [-0.4, -0.2) is 23.7 Å². The van der Waals surface area contributed by atoms with Gasteiger partial charge in [0.15, 0.2) is 0 Å². The van der Waals surface area contributed by atoms with Crippen molar-refractivity contribution in [2.24, 2.45) is 0 Å². The van der Waals surface area contributed by atoms with Crippen molar-refractivity contribution >= 4 is 11.9 Å². The Morgan fingerprint density at radius 2 is 0.844 bits per heavy atom. The molecule has 0 aliphatic carbocycles. The van der Waals surface area contributed by atoms with Crippen LogP contribution in [0.3, 0.4) is 0 Å². The van der Waals surface area contributed by atoms with Gasteiger partial charge in [0.1, 0.15) is 0 Å². The molecule has 0 fully saturated rings. The van der Waals surface area contributed by atoms with Crippen LogP contribution in [0.25, 0.3) is 0 Å². The average Bonchev–Trinajstić information content (AvgIpc) is 2.78. The van der Waals surface area contributed by atoms with Crippen molar-refractivity contribution in [2.45, 2.75) is 148 Å². The van der Waals surface area contributed by atoms with Crippen molar-refractivity contribution in [1.82, 2.24) is 0 Å². The highest BCUT2D eigenvalue weighted by Crippen LogP contribution is 2.15. The maximum absolute atomic E-state index is 11.2. The van der Waals surface area contributed by atoms with E-state index in [1.54, 1.807) is 0 Å². The Balaban J connectivity index is 3.11. The summed E-state index contributed by atoms with van der Waals surface area (Å²) in [6.45, 7) is 2.66. The van der Waals surface area contributed by atoms with Crippen LogP contribution >= 0.6 is 0 Å². The summed E-state index contributed by atoms with van der Waals surface area (Å²) in [6.07, 6.45) is 31.5. The SMILES string of the molecule is CCCCCCCCCCCCCCCCCCCCCCCCOC(=O)C=CC(=O)O. The number of ether oxygens (including phenoxy) is 1. The van der Waals surface area contributed by atoms with Gasteiger partial charge >= 0.3 is 11.9 Å². The van der Waals surface area contributed by atoms with E-state index in [9.17, 15) is 9.59 Å². The molecule has 0 atom stereocenters. The highest BCUT2D eigenvalue weighted by molar-refractivity contribution is 5.90. The van der Waals surface area contributed by atoms with Crippen LogP contribution in [-0.2, 0) is 14.3 Å². The summed E-state index contributed by atoms with van der Waals surface area (Å²) in [7, 11) is 0. The first-order chi connectivity index (χ1) is 15.7. The number of hydrogen-bond acceptors (Lipinski definition) is 3. The first-order valence-corrected chi connectivity index (χ1v) is 13.7. The van der Waals surface area contributed by atoms with Crippen molar-refractivity contribution in [1.29, 1.82) is 0 Å². The van der Waals surface area contributed by atoms with Crippen LogP contribution in [0.5, 0.6) is 0 Å². The maximum atomic E-state index is 11.2. The van der Waals surface area contributed by atoms with E-state index in [4.69, 9.17) is 9.84 Å². The van der Waals surface area contributed by atoms with Gasteiger partial charge in [0.2, 0.25) is 0 Å². The van der Waals surface area contributed by atoms with E-state index in [1.165, 1.54) is 128 Å². The highest BCUT2D eigenvalue weighted by atomic mass is 16.5. The number of aliphatic carboxylic acids is 1. The standard InChI is InChI=1S/C28H52O4/c1-2-3-4-5-6-7-8-9-10-11-12-13-14-15-16-17-18-19-20-21-22-23-26-32-28(31)25-24-27(29)30/h24-25H,2-23,26H2,1H3,(H,29,30). The Bertz CT molecular complexity index is 445. The van der Waals surface area contributed by atoms with Crippen LogP contribution in [0.15, 0.2) is 12.2 Å². The van der Waals surface area contributed by atoms with Crippen LogP contribution in [0.1, 0.15) is 148 Å². The molecule has 0 radical (unpaired) electrons. The molecule has 0 unspecified atom stereocenters. The van der Waals surface area contributed by atoms with E-state index in [2.05, 4.69) is 6.92 Å². The smallest absolute Gasteiger partial charge is 0.331 e. The van der Waals surface area contributed by atoms with E-state index in [-0.39, 0.29) is 0 Å². The molecule has 0 heterocycles. The molecule has 1 N–H and O–H groups in total. The quantitative estimate of drug-likeness (QED) is 0.0854. The normalized spacial score (nSPS) is 11.3. The number of carboxylic acids is 1. The summed E-state index contributed by atoms with van der Waals surface area (Å²) in [5.41, 5.74) is 0. The molecular formula is C28H52O4. The third-order valence-corrected chi connectivity index (χ3v) is 6.10. The van der Waals surface area contributed by atoms with Crippen molar-refractivity contribution in [3.05, 3.63) is 12.2 Å². The molecule has 0 bridgehead atoms. The lowest BCUT2D eigenvalue weighted by Crippen LogP contribution is -2.03. The van der Waals surface area contributed by atoms with E-state index in [1.807, 2.05) is 0 Å². The van der Waals surface area contributed by atoms with Crippen molar-refractivity contribution in [2.75, 3.05) is 6.61 Å². The molecule has 32 heavy (non-hydrogen) atoms. The number of carboxylic acid groups (broad SMARTS) is 1. The lowest BCUT2D eigenvalue weighted by atomic mass is 10.0. The third-order valence-electron chi connectivity index (χ3n) is 6.10. The summed E-state index contributed by atoms with van der Waals surface area (Å²) >= 11 is 0. The van der Waals surface area contributed by atoms with Crippen LogP contribution < -0.4 is 0 Å². The fourth-order valence-electron chi connectivity index (χ4n) is 4.07. The predicted octanol–water partition coefficient (Wildman–Crippen LogP) is 8.77. The lowest BCUT2D eigenvalue weighted by molar-refractivity contribution is -0.138. The van der Waals surface area contributed by atoms with Gasteiger partial charge in [-0.3, -0.25) is 0 Å². The molecule has 4 heteroatoms. The Morgan fingerprint density at radius 1 is 0.531 bits per heavy atom. The number of carbonyl (C=O) groups excluding carboxylic acids is 1. The fraction of sp³-hybridized carbons (Fsp3) is 0.857. The molecule has 0 spiro atoms. The molecule has 0 aromatic rings. The molecule has 4 nitrogen and oxygen atoms in total. The second kappa shape index (κ2) is 25.9. The second-order valence-corrected chi connectivity index (χ2v) is 9.26. The predicted molar refractivity (Wildman–Crippen MR) is 135 cm³/mol. The molecule has 0 saturated carbocycles. The van der Waals surface area contributed by atoms with Crippen molar-refractivity contribution < 1.29 is 19.4 Å². The van der Waals surface area contributed by atoms with Crippen molar-refractivity contribution in [3.63, 3.8) is 0 Å². The molecule has 0 aromatic carbocycles. The molecule has 0 rings (SSSR count). The summed E-state index contributed by atoms with van der Waals surface area (Å²) in [5, 5.41) is 8.42. The molecule has 0 saturated heterocycles. The van der Waals surface area contributed by atoms with Gasteiger partial charge < -0.3 is 9.84 Å². The van der Waals surface area contributed by atoms with Gasteiger partial charge in [0.25, 0.3) is 0 Å². The van der Waals surface area contributed by atoms with Gasteiger partial charge in [-0.2, -0.15) is 0 Å². The van der Waals surface area contributed by atoms with Gasteiger partial charge in [0.05, 0.1) is 6.61 Å². The zero-order valence-electron chi connectivity index (χ0n) is 21.1. The van der Waals surface area contributed by atoms with Crippen molar-refractivity contribution in [3.8, 4) is 0 Å². The van der Waals surface area contributed by atoms with E-state index in [0.29, 0.717) is 6.61 Å². The Morgan fingerprint density at radius 3 is 1.16 bits per heavy atom. The van der Waals surface area contributed by atoms with Gasteiger partial charge in [-0.05, 0) is 6.42 Å². The van der Waals surface area contributed by atoms with Gasteiger partial charge in [0, 0.05) is 12.2 Å². The number of esters is 1. The van der Waals surface area contributed by atoms with Crippen LogP contribution in [0.2, 0.25) is 0 Å². The number of hydrogen-bond donors (Lipinski definition) is 1. The fourth-order valence-corrected chi connectivity index (χ4v) is 4.07. The topological polar surface area (TPSA) is 63.6 Å².